The number of carbonyl (C=O) groups excluding carboxylic acids is 4. The number of carboxylic acids is 1. The smallest absolute Gasteiger partial charge is 0.407 e. The summed E-state index contributed by atoms with van der Waals surface area (Å²) in [5.74, 6) is -3.45. The molecule has 11 heteroatoms. The third-order valence-electron chi connectivity index (χ3n) is 6.49. The number of alkyl carbamates (subject to hydrolysis) is 1. The highest BCUT2D eigenvalue weighted by Gasteiger charge is 2.31. The zero-order chi connectivity index (χ0) is 30.3. The van der Waals surface area contributed by atoms with Crippen LogP contribution in [0.5, 0.6) is 0 Å². The molecule has 220 valence electrons. The molecular weight excluding hydrogens is 530 g/mol. The fourth-order valence-corrected chi connectivity index (χ4v) is 4.49. The maximum absolute atomic E-state index is 13.1. The van der Waals surface area contributed by atoms with Crippen molar-refractivity contribution < 1.29 is 38.6 Å². The molecule has 0 aromatic heterocycles. The first kappa shape index (κ1) is 31.1. The molecule has 0 radical (unpaired) electrons. The minimum Gasteiger partial charge on any atom is -0.480 e. The van der Waals surface area contributed by atoms with Crippen LogP contribution in [0.2, 0.25) is 0 Å². The number of carbonyl (C=O) groups is 5. The summed E-state index contributed by atoms with van der Waals surface area (Å²) in [7, 11) is 0. The molecule has 0 saturated carbocycles. The molecule has 41 heavy (non-hydrogen) atoms. The Morgan fingerprint density at radius 3 is 1.90 bits per heavy atom. The van der Waals surface area contributed by atoms with Crippen LogP contribution in [0.4, 0.5) is 4.79 Å². The van der Waals surface area contributed by atoms with E-state index in [1.54, 1.807) is 20.8 Å². The second kappa shape index (κ2) is 13.3. The molecular formula is C30H37N3O8. The number of rotatable bonds is 11. The zero-order valence-electron chi connectivity index (χ0n) is 23.9. The number of carboxylic acid groups (broad SMARTS) is 1. The van der Waals surface area contributed by atoms with Crippen LogP contribution in [0, 0.1) is 0 Å². The summed E-state index contributed by atoms with van der Waals surface area (Å²) < 4.78 is 10.9. The molecule has 0 unspecified atom stereocenters. The molecule has 0 spiro atoms. The van der Waals surface area contributed by atoms with Crippen molar-refractivity contribution in [2.24, 2.45) is 0 Å². The van der Waals surface area contributed by atoms with E-state index in [4.69, 9.17) is 14.6 Å². The van der Waals surface area contributed by atoms with Crippen LogP contribution in [0.1, 0.15) is 64.5 Å². The SMILES string of the molecule is C[C@H](NC(=O)[C@H](C)NC(=O)[C@H](CCC(=O)OC(C)(C)C)NC(=O)OCC1c2ccccc2-c2ccccc21)C(=O)O. The van der Waals surface area contributed by atoms with Crippen LogP contribution < -0.4 is 16.0 Å². The van der Waals surface area contributed by atoms with E-state index in [0.717, 1.165) is 22.3 Å². The molecule has 3 rings (SSSR count). The van der Waals surface area contributed by atoms with Gasteiger partial charge < -0.3 is 30.5 Å². The summed E-state index contributed by atoms with van der Waals surface area (Å²) in [6.45, 7) is 7.82. The molecule has 2 aromatic rings. The van der Waals surface area contributed by atoms with Gasteiger partial charge in [-0.2, -0.15) is 0 Å². The van der Waals surface area contributed by atoms with Crippen molar-refractivity contribution in [3.63, 3.8) is 0 Å². The minimum absolute atomic E-state index is 0.0200. The molecule has 0 saturated heterocycles. The molecule has 1 aliphatic carbocycles. The third kappa shape index (κ3) is 8.54. The normalized spacial score (nSPS) is 14.5. The molecule has 4 N–H and O–H groups in total. The average molecular weight is 568 g/mol. The first-order valence-electron chi connectivity index (χ1n) is 13.4. The Morgan fingerprint density at radius 2 is 1.37 bits per heavy atom. The number of hydrogen-bond donors (Lipinski definition) is 4. The first-order chi connectivity index (χ1) is 19.3. The van der Waals surface area contributed by atoms with Gasteiger partial charge in [0.05, 0.1) is 0 Å². The quantitative estimate of drug-likeness (QED) is 0.301. The second-order valence-electron chi connectivity index (χ2n) is 10.9. The summed E-state index contributed by atoms with van der Waals surface area (Å²) in [5, 5.41) is 16.2. The summed E-state index contributed by atoms with van der Waals surface area (Å²) in [6, 6.07) is 12.2. The standard InChI is InChI=1S/C30H37N3O8/c1-17(26(35)32-18(2)28(37)38)31-27(36)24(14-15-25(34)41-30(3,4)5)33-29(39)40-16-23-21-12-8-6-10-19(21)20-11-7-9-13-22(20)23/h6-13,17-18,23-24H,14-16H2,1-5H3,(H,31,36)(H,32,35)(H,33,39)(H,37,38)/t17-,18-,24-/m0/s1. The second-order valence-corrected chi connectivity index (χ2v) is 10.9. The van der Waals surface area contributed by atoms with E-state index in [1.165, 1.54) is 13.8 Å². The molecule has 3 atom stereocenters. The van der Waals surface area contributed by atoms with Gasteiger partial charge in [0.2, 0.25) is 11.8 Å². The molecule has 3 amide bonds. The van der Waals surface area contributed by atoms with Crippen molar-refractivity contribution in [3.8, 4) is 11.1 Å². The summed E-state index contributed by atoms with van der Waals surface area (Å²) in [6.07, 6.45) is -1.17. The van der Waals surface area contributed by atoms with Crippen LogP contribution >= 0.6 is 0 Å². The summed E-state index contributed by atoms with van der Waals surface area (Å²) in [4.78, 5) is 61.6. The van der Waals surface area contributed by atoms with Gasteiger partial charge in [0.25, 0.3) is 0 Å². The lowest BCUT2D eigenvalue weighted by Gasteiger charge is -2.23. The fourth-order valence-electron chi connectivity index (χ4n) is 4.49. The highest BCUT2D eigenvalue weighted by Crippen LogP contribution is 2.44. The number of nitrogens with one attached hydrogen (secondary N) is 3. The highest BCUT2D eigenvalue weighted by molar-refractivity contribution is 5.92. The van der Waals surface area contributed by atoms with Crippen molar-refractivity contribution in [2.45, 2.75) is 77.1 Å². The van der Waals surface area contributed by atoms with E-state index in [0.29, 0.717) is 0 Å². The van der Waals surface area contributed by atoms with Gasteiger partial charge in [-0.1, -0.05) is 48.5 Å². The Morgan fingerprint density at radius 1 is 0.829 bits per heavy atom. The zero-order valence-corrected chi connectivity index (χ0v) is 23.9. The van der Waals surface area contributed by atoms with E-state index in [1.807, 2.05) is 48.5 Å². The Bertz CT molecular complexity index is 1260. The molecule has 1 aliphatic rings. The van der Waals surface area contributed by atoms with Crippen LogP contribution in [0.3, 0.4) is 0 Å². The highest BCUT2D eigenvalue weighted by atomic mass is 16.6. The molecule has 0 fully saturated rings. The van der Waals surface area contributed by atoms with Gasteiger partial charge in [-0.3, -0.25) is 19.2 Å². The third-order valence-corrected chi connectivity index (χ3v) is 6.49. The number of esters is 1. The number of amides is 3. The van der Waals surface area contributed by atoms with Gasteiger partial charge in [-0.15, -0.1) is 0 Å². The predicted octanol–water partition coefficient (Wildman–Crippen LogP) is 3.11. The van der Waals surface area contributed by atoms with Gasteiger partial charge >= 0.3 is 18.0 Å². The van der Waals surface area contributed by atoms with Crippen LogP contribution in [-0.2, 0) is 28.7 Å². The van der Waals surface area contributed by atoms with Gasteiger partial charge in [0.15, 0.2) is 0 Å². The lowest BCUT2D eigenvalue weighted by molar-refractivity contribution is -0.155. The number of aliphatic carboxylic acids is 1. The Kier molecular flexibility index (Phi) is 10.1. The molecule has 0 bridgehead atoms. The number of benzene rings is 2. The Labute approximate surface area is 239 Å². The summed E-state index contributed by atoms with van der Waals surface area (Å²) in [5.41, 5.74) is 3.45. The van der Waals surface area contributed by atoms with Gasteiger partial charge in [-0.25, -0.2) is 4.79 Å². The van der Waals surface area contributed by atoms with Crippen molar-refractivity contribution in [2.75, 3.05) is 6.61 Å². The van der Waals surface area contributed by atoms with Crippen LogP contribution in [-0.4, -0.2) is 65.3 Å². The summed E-state index contributed by atoms with van der Waals surface area (Å²) >= 11 is 0. The maximum atomic E-state index is 13.1. The lowest BCUT2D eigenvalue weighted by atomic mass is 9.98. The molecule has 0 aliphatic heterocycles. The van der Waals surface area contributed by atoms with Gasteiger partial charge in [0.1, 0.15) is 30.3 Å². The van der Waals surface area contributed by atoms with Crippen LogP contribution in [0.25, 0.3) is 11.1 Å². The molecule has 2 aromatic carbocycles. The van der Waals surface area contributed by atoms with E-state index in [2.05, 4.69) is 16.0 Å². The first-order valence-corrected chi connectivity index (χ1v) is 13.4. The maximum Gasteiger partial charge on any atom is 0.407 e. The van der Waals surface area contributed by atoms with Crippen molar-refractivity contribution in [3.05, 3.63) is 59.7 Å². The topological polar surface area (TPSA) is 160 Å². The van der Waals surface area contributed by atoms with Gasteiger partial charge in [0, 0.05) is 12.3 Å². The molecule has 11 nitrogen and oxygen atoms in total. The molecule has 0 heterocycles. The largest absolute Gasteiger partial charge is 0.480 e. The van der Waals surface area contributed by atoms with E-state index in [9.17, 15) is 24.0 Å². The predicted molar refractivity (Wildman–Crippen MR) is 150 cm³/mol. The van der Waals surface area contributed by atoms with E-state index >= 15 is 0 Å². The van der Waals surface area contributed by atoms with E-state index in [-0.39, 0.29) is 25.4 Å². The Balaban J connectivity index is 1.67. The van der Waals surface area contributed by atoms with Crippen molar-refractivity contribution in [1.29, 1.82) is 0 Å². The van der Waals surface area contributed by atoms with Crippen molar-refractivity contribution >= 4 is 29.8 Å². The van der Waals surface area contributed by atoms with E-state index < -0.39 is 53.6 Å². The Hall–Kier alpha value is -4.41. The van der Waals surface area contributed by atoms with Crippen molar-refractivity contribution in [1.82, 2.24) is 16.0 Å². The van der Waals surface area contributed by atoms with Gasteiger partial charge in [-0.05, 0) is 63.3 Å². The van der Waals surface area contributed by atoms with Crippen LogP contribution in [0.15, 0.2) is 48.5 Å². The average Bonchev–Trinajstić information content (AvgIpc) is 3.22. The number of ether oxygens (including phenoxy) is 2. The number of hydrogen-bond acceptors (Lipinski definition) is 7. The lowest BCUT2D eigenvalue weighted by Crippen LogP contribution is -2.54. The number of fused-ring (bicyclic) bond motifs is 3. The monoisotopic (exact) mass is 567 g/mol. The minimum atomic E-state index is -1.23. The fraction of sp³-hybridized carbons (Fsp3) is 0.433.